The molecule has 0 rings (SSSR count). The highest BCUT2D eigenvalue weighted by molar-refractivity contribution is 7.58. The van der Waals surface area contributed by atoms with Crippen LogP contribution in [-0.2, 0) is 18.6 Å². The van der Waals surface area contributed by atoms with E-state index in [0.717, 1.165) is 0 Å². The van der Waals surface area contributed by atoms with Crippen LogP contribution in [0.15, 0.2) is 0 Å². The molecule has 6 nitrogen and oxygen atoms in total. The predicted octanol–water partition coefficient (Wildman–Crippen LogP) is -0.171. The van der Waals surface area contributed by atoms with Crippen LogP contribution < -0.4 is 0 Å². The lowest BCUT2D eigenvalue weighted by Crippen LogP contribution is -2.10. The smallest absolute Gasteiger partial charge is 0.306 e. The Kier molecular flexibility index (Phi) is 7.60. The molecule has 7 heteroatoms. The summed E-state index contributed by atoms with van der Waals surface area (Å²) >= 11 is 0. The lowest BCUT2D eigenvalue weighted by molar-refractivity contribution is -0.144. The van der Waals surface area contributed by atoms with Crippen molar-refractivity contribution in [1.29, 1.82) is 0 Å². The van der Waals surface area contributed by atoms with Crippen LogP contribution in [0.4, 0.5) is 0 Å². The van der Waals surface area contributed by atoms with Crippen LogP contribution >= 0.6 is 7.37 Å². The molecule has 0 amide bonds. The molecule has 15 heavy (non-hydrogen) atoms. The predicted molar refractivity (Wildman–Crippen MR) is 54.1 cm³/mol. The van der Waals surface area contributed by atoms with Gasteiger partial charge < -0.3 is 19.5 Å². The second-order valence-electron chi connectivity index (χ2n) is 2.99. The van der Waals surface area contributed by atoms with Crippen LogP contribution in [-0.4, -0.2) is 55.4 Å². The molecule has 0 heterocycles. The summed E-state index contributed by atoms with van der Waals surface area (Å²) in [7, 11) is -2.82. The van der Waals surface area contributed by atoms with Crippen molar-refractivity contribution in [2.45, 2.75) is 6.42 Å². The first-order chi connectivity index (χ1) is 7.02. The number of hydrogen-bond acceptors (Lipinski definition) is 6. The summed E-state index contributed by atoms with van der Waals surface area (Å²) < 4.78 is 21.0. The van der Waals surface area contributed by atoms with Gasteiger partial charge in [-0.2, -0.15) is 0 Å². The van der Waals surface area contributed by atoms with Crippen molar-refractivity contribution in [3.63, 3.8) is 0 Å². The Morgan fingerprint density at radius 2 is 1.87 bits per heavy atom. The Morgan fingerprint density at radius 3 is 2.40 bits per heavy atom. The zero-order valence-corrected chi connectivity index (χ0v) is 9.61. The van der Waals surface area contributed by atoms with E-state index in [1.54, 1.807) is 0 Å². The van der Waals surface area contributed by atoms with Gasteiger partial charge in [-0.1, -0.05) is 0 Å². The molecule has 0 aliphatic carbocycles. The zero-order chi connectivity index (χ0) is 11.7. The number of hydrogen-bond donors (Lipinski definition) is 2. The number of aliphatic hydroxyl groups excluding tert-OH is 2. The van der Waals surface area contributed by atoms with Crippen LogP contribution in [0.1, 0.15) is 6.42 Å². The molecule has 0 saturated heterocycles. The third kappa shape index (κ3) is 8.57. The minimum atomic E-state index is -2.82. The number of esters is 1. The average molecular weight is 240 g/mol. The lowest BCUT2D eigenvalue weighted by Gasteiger charge is -2.12. The molecule has 90 valence electrons. The molecular weight excluding hydrogens is 223 g/mol. The topological polar surface area (TPSA) is 93.1 Å². The van der Waals surface area contributed by atoms with Crippen LogP contribution in [0.2, 0.25) is 0 Å². The molecule has 1 atom stereocenters. The largest absolute Gasteiger partial charge is 0.463 e. The summed E-state index contributed by atoms with van der Waals surface area (Å²) in [4.78, 5) is 11.0. The summed E-state index contributed by atoms with van der Waals surface area (Å²) in [5.74, 6) is -0.515. The Labute approximate surface area is 88.6 Å². The van der Waals surface area contributed by atoms with Gasteiger partial charge in [-0.05, 0) is 0 Å². The van der Waals surface area contributed by atoms with Gasteiger partial charge in [0.05, 0.1) is 26.2 Å². The molecule has 0 bridgehead atoms. The third-order valence-corrected chi connectivity index (χ3v) is 3.30. The zero-order valence-electron chi connectivity index (χ0n) is 8.72. The first-order valence-electron chi connectivity index (χ1n) is 4.60. The highest BCUT2D eigenvalue weighted by Gasteiger charge is 2.18. The van der Waals surface area contributed by atoms with E-state index < -0.39 is 13.3 Å². The lowest BCUT2D eigenvalue weighted by atomic mass is 10.5. The Hall–Kier alpha value is -0.420. The summed E-state index contributed by atoms with van der Waals surface area (Å²) in [6.45, 7) is 0.926. The fraction of sp³-hybridized carbons (Fsp3) is 0.875. The monoisotopic (exact) mass is 240 g/mol. The second-order valence-corrected chi connectivity index (χ2v) is 5.72. The van der Waals surface area contributed by atoms with Crippen molar-refractivity contribution < 1.29 is 28.8 Å². The fourth-order valence-electron chi connectivity index (χ4n) is 0.825. The quantitative estimate of drug-likeness (QED) is 0.452. The molecule has 0 saturated carbocycles. The number of aliphatic hydroxyl groups is 2. The van der Waals surface area contributed by atoms with Gasteiger partial charge in [0.25, 0.3) is 0 Å². The second kappa shape index (κ2) is 7.82. The minimum Gasteiger partial charge on any atom is -0.463 e. The van der Waals surface area contributed by atoms with Gasteiger partial charge in [0.2, 0.25) is 7.37 Å². The minimum absolute atomic E-state index is 0.000530. The van der Waals surface area contributed by atoms with Crippen molar-refractivity contribution in [3.05, 3.63) is 0 Å². The normalized spacial score (nSPS) is 14.6. The Morgan fingerprint density at radius 1 is 1.27 bits per heavy atom. The van der Waals surface area contributed by atoms with Crippen molar-refractivity contribution in [2.75, 3.05) is 39.3 Å². The average Bonchev–Trinajstić information content (AvgIpc) is 2.21. The van der Waals surface area contributed by atoms with E-state index in [1.807, 2.05) is 0 Å². The molecule has 2 N–H and O–H groups in total. The fourth-order valence-corrected chi connectivity index (χ4v) is 2.01. The van der Waals surface area contributed by atoms with Crippen LogP contribution in [0.3, 0.4) is 0 Å². The summed E-state index contributed by atoms with van der Waals surface area (Å²) in [6, 6.07) is 0. The maximum Gasteiger partial charge on any atom is 0.306 e. The van der Waals surface area contributed by atoms with Crippen molar-refractivity contribution >= 4 is 13.3 Å². The molecule has 0 aliphatic rings. The van der Waals surface area contributed by atoms with Crippen molar-refractivity contribution in [3.8, 4) is 0 Å². The highest BCUT2D eigenvalue weighted by Crippen LogP contribution is 2.42. The van der Waals surface area contributed by atoms with Crippen LogP contribution in [0.25, 0.3) is 0 Å². The Bertz CT molecular complexity index is 229. The van der Waals surface area contributed by atoms with Gasteiger partial charge in [-0.15, -0.1) is 0 Å². The Balaban J connectivity index is 3.72. The molecule has 0 spiro atoms. The van der Waals surface area contributed by atoms with Gasteiger partial charge >= 0.3 is 5.97 Å². The van der Waals surface area contributed by atoms with Crippen molar-refractivity contribution in [2.24, 2.45) is 0 Å². The van der Waals surface area contributed by atoms with Gasteiger partial charge in [0.15, 0.2) is 0 Å². The van der Waals surface area contributed by atoms with Crippen molar-refractivity contribution in [1.82, 2.24) is 0 Å². The molecule has 0 unspecified atom stereocenters. The number of rotatable bonds is 8. The SMILES string of the molecule is C[P@@](=O)(CCC(=O)OCCO)OCCO. The molecule has 0 aromatic heterocycles. The van der Waals surface area contributed by atoms with E-state index in [1.165, 1.54) is 6.66 Å². The van der Waals surface area contributed by atoms with Gasteiger partial charge in [0, 0.05) is 12.8 Å². The summed E-state index contributed by atoms with van der Waals surface area (Å²) in [5.41, 5.74) is 0. The van der Waals surface area contributed by atoms with E-state index in [4.69, 9.17) is 14.7 Å². The molecule has 0 fully saturated rings. The highest BCUT2D eigenvalue weighted by atomic mass is 31.2. The molecule has 0 aromatic rings. The van der Waals surface area contributed by atoms with E-state index >= 15 is 0 Å². The van der Waals surface area contributed by atoms with Crippen LogP contribution in [0, 0.1) is 0 Å². The first-order valence-corrected chi connectivity index (χ1v) is 6.86. The van der Waals surface area contributed by atoms with Gasteiger partial charge in [0.1, 0.15) is 6.61 Å². The van der Waals surface area contributed by atoms with E-state index in [9.17, 15) is 9.36 Å². The maximum absolute atomic E-state index is 11.6. The van der Waals surface area contributed by atoms with E-state index in [0.29, 0.717) is 0 Å². The first kappa shape index (κ1) is 14.6. The summed E-state index contributed by atoms with van der Waals surface area (Å²) in [5, 5.41) is 16.8. The maximum atomic E-state index is 11.6. The van der Waals surface area contributed by atoms with E-state index in [2.05, 4.69) is 4.74 Å². The molecular formula is C8H17O6P. The number of carbonyl (C=O) groups is 1. The molecule has 0 aromatic carbocycles. The standard InChI is InChI=1S/C8H17O6P/c1-15(12,14-6-4-10)7-2-8(11)13-5-3-9/h9-10H,2-7H2,1H3/t15-/m0/s1. The van der Waals surface area contributed by atoms with Gasteiger partial charge in [-0.3, -0.25) is 9.36 Å². The molecule has 0 radical (unpaired) electrons. The third-order valence-electron chi connectivity index (χ3n) is 1.53. The summed E-state index contributed by atoms with van der Waals surface area (Å²) in [6.07, 6.45) is 0.0659. The molecule has 0 aliphatic heterocycles. The van der Waals surface area contributed by atoms with E-state index in [-0.39, 0.29) is 39.0 Å². The van der Waals surface area contributed by atoms with Gasteiger partial charge in [-0.25, -0.2) is 0 Å². The van der Waals surface area contributed by atoms with Crippen LogP contribution in [0.5, 0.6) is 0 Å². The number of ether oxygens (including phenoxy) is 1. The number of carbonyl (C=O) groups excluding carboxylic acids is 1.